The molecule has 0 aliphatic heterocycles. The number of aromatic nitrogens is 1. The fourth-order valence-electron chi connectivity index (χ4n) is 1.58. The van der Waals surface area contributed by atoms with E-state index in [-0.39, 0.29) is 11.7 Å². The summed E-state index contributed by atoms with van der Waals surface area (Å²) < 4.78 is 31.9. The first-order valence-electron chi connectivity index (χ1n) is 5.11. The van der Waals surface area contributed by atoms with Crippen molar-refractivity contribution in [3.05, 3.63) is 59.5 Å². The molecule has 2 aromatic rings. The number of rotatable bonds is 3. The van der Waals surface area contributed by atoms with Crippen LogP contribution in [0.25, 0.3) is 0 Å². The lowest BCUT2D eigenvalue weighted by Crippen LogP contribution is -1.99. The summed E-state index contributed by atoms with van der Waals surface area (Å²) in [6.45, 7) is 0. The van der Waals surface area contributed by atoms with E-state index in [0.717, 1.165) is 0 Å². The van der Waals surface area contributed by atoms with Crippen molar-refractivity contribution in [3.8, 4) is 5.88 Å². The summed E-state index contributed by atoms with van der Waals surface area (Å²) in [5, 5.41) is 0. The Hall–Kier alpha value is -1.97. The van der Waals surface area contributed by atoms with Crippen molar-refractivity contribution < 1.29 is 13.5 Å². The molecule has 2 nitrogen and oxygen atoms in total. The van der Waals surface area contributed by atoms with Gasteiger partial charge in [-0.1, -0.05) is 12.1 Å². The Bertz CT molecular complexity index is 499. The molecular formula is C13H11F2NO. The molecule has 0 fully saturated rings. The average molecular weight is 235 g/mol. The van der Waals surface area contributed by atoms with E-state index >= 15 is 0 Å². The van der Waals surface area contributed by atoms with Gasteiger partial charge in [0, 0.05) is 6.20 Å². The molecule has 17 heavy (non-hydrogen) atoms. The predicted molar refractivity (Wildman–Crippen MR) is 60.1 cm³/mol. The van der Waals surface area contributed by atoms with Gasteiger partial charge in [-0.25, -0.2) is 13.8 Å². The number of hydrogen-bond acceptors (Lipinski definition) is 2. The lowest BCUT2D eigenvalue weighted by molar-refractivity contribution is 0.353. The minimum Gasteiger partial charge on any atom is -0.481 e. The molecule has 1 aromatic heterocycles. The van der Waals surface area contributed by atoms with Gasteiger partial charge < -0.3 is 4.74 Å². The zero-order valence-corrected chi connectivity index (χ0v) is 9.23. The van der Waals surface area contributed by atoms with Gasteiger partial charge in [-0.3, -0.25) is 0 Å². The lowest BCUT2D eigenvalue weighted by Gasteiger charge is -2.11. The molecule has 0 spiro atoms. The fraction of sp³-hybridized carbons (Fsp3) is 0.154. The van der Waals surface area contributed by atoms with Gasteiger partial charge in [-0.15, -0.1) is 0 Å². The van der Waals surface area contributed by atoms with E-state index in [0.29, 0.717) is 11.1 Å². The first-order chi connectivity index (χ1) is 8.22. The Labute approximate surface area is 97.9 Å². The average Bonchev–Trinajstić information content (AvgIpc) is 2.39. The predicted octanol–water partition coefficient (Wildman–Crippen LogP) is 3.29. The van der Waals surface area contributed by atoms with Crippen molar-refractivity contribution in [1.82, 2.24) is 4.98 Å². The monoisotopic (exact) mass is 235 g/mol. The third kappa shape index (κ3) is 2.41. The molecule has 88 valence electrons. The maximum atomic E-state index is 14.2. The molecule has 4 heteroatoms. The molecule has 1 unspecified atom stereocenters. The first-order valence-corrected chi connectivity index (χ1v) is 5.11. The van der Waals surface area contributed by atoms with Crippen molar-refractivity contribution in [2.45, 2.75) is 6.17 Å². The van der Waals surface area contributed by atoms with Crippen LogP contribution >= 0.6 is 0 Å². The quantitative estimate of drug-likeness (QED) is 0.814. The smallest absolute Gasteiger partial charge is 0.219 e. The zero-order chi connectivity index (χ0) is 12.3. The number of nitrogens with zero attached hydrogens (tertiary/aromatic N) is 1. The van der Waals surface area contributed by atoms with Crippen LogP contribution in [0.1, 0.15) is 17.3 Å². The summed E-state index contributed by atoms with van der Waals surface area (Å²) >= 11 is 0. The molecule has 0 saturated heterocycles. The number of pyridine rings is 1. The summed E-state index contributed by atoms with van der Waals surface area (Å²) in [5.74, 6) is -0.150. The topological polar surface area (TPSA) is 22.1 Å². The van der Waals surface area contributed by atoms with Crippen molar-refractivity contribution in [2.24, 2.45) is 0 Å². The molecule has 0 saturated carbocycles. The van der Waals surface area contributed by atoms with Crippen molar-refractivity contribution in [3.63, 3.8) is 0 Å². The molecule has 0 aliphatic rings. The summed E-state index contributed by atoms with van der Waals surface area (Å²) in [6.07, 6.45) is 0.152. The Balaban J connectivity index is 2.36. The van der Waals surface area contributed by atoms with Gasteiger partial charge in [0.25, 0.3) is 0 Å². The third-order valence-electron chi connectivity index (χ3n) is 2.43. The highest BCUT2D eigenvalue weighted by molar-refractivity contribution is 5.35. The van der Waals surface area contributed by atoms with Crippen LogP contribution in [0.3, 0.4) is 0 Å². The second kappa shape index (κ2) is 4.91. The first kappa shape index (κ1) is 11.5. The molecule has 0 radical (unpaired) electrons. The molecule has 1 heterocycles. The van der Waals surface area contributed by atoms with Crippen LogP contribution in [-0.4, -0.2) is 12.1 Å². The minimum atomic E-state index is -1.38. The highest BCUT2D eigenvalue weighted by Gasteiger charge is 2.17. The van der Waals surface area contributed by atoms with Crippen LogP contribution in [0, 0.1) is 5.82 Å². The molecular weight excluding hydrogens is 224 g/mol. The molecule has 1 aromatic carbocycles. The van der Waals surface area contributed by atoms with E-state index in [1.165, 1.54) is 37.6 Å². The standard InChI is InChI=1S/C13H11F2NO/c1-17-13-11(3-2-8-16-13)12(15)9-4-6-10(14)7-5-9/h2-8,12H,1H3. The van der Waals surface area contributed by atoms with Crippen LogP contribution in [0.5, 0.6) is 5.88 Å². The molecule has 2 rings (SSSR count). The third-order valence-corrected chi connectivity index (χ3v) is 2.43. The Morgan fingerprint density at radius 2 is 1.88 bits per heavy atom. The van der Waals surface area contributed by atoms with Crippen LogP contribution in [0.4, 0.5) is 8.78 Å². The van der Waals surface area contributed by atoms with E-state index in [1.807, 2.05) is 0 Å². The van der Waals surface area contributed by atoms with Gasteiger partial charge in [0.15, 0.2) is 6.17 Å². The normalized spacial score (nSPS) is 12.2. The zero-order valence-electron chi connectivity index (χ0n) is 9.23. The maximum absolute atomic E-state index is 14.2. The van der Waals surface area contributed by atoms with Crippen LogP contribution in [0.2, 0.25) is 0 Å². The van der Waals surface area contributed by atoms with Gasteiger partial charge >= 0.3 is 0 Å². The minimum absolute atomic E-state index is 0.240. The molecule has 0 bridgehead atoms. The summed E-state index contributed by atoms with van der Waals surface area (Å²) in [5.41, 5.74) is 0.708. The Morgan fingerprint density at radius 3 is 2.53 bits per heavy atom. The Morgan fingerprint density at radius 1 is 1.18 bits per heavy atom. The van der Waals surface area contributed by atoms with E-state index in [2.05, 4.69) is 4.98 Å². The summed E-state index contributed by atoms with van der Waals surface area (Å²) in [4.78, 5) is 3.93. The van der Waals surface area contributed by atoms with Gasteiger partial charge in [0.2, 0.25) is 5.88 Å². The fourth-order valence-corrected chi connectivity index (χ4v) is 1.58. The number of alkyl halides is 1. The number of benzene rings is 1. The molecule has 0 amide bonds. The molecule has 1 atom stereocenters. The van der Waals surface area contributed by atoms with Crippen LogP contribution in [0.15, 0.2) is 42.6 Å². The second-order valence-electron chi connectivity index (χ2n) is 3.52. The summed E-state index contributed by atoms with van der Waals surface area (Å²) in [6, 6.07) is 8.50. The van der Waals surface area contributed by atoms with Crippen LogP contribution in [-0.2, 0) is 0 Å². The lowest BCUT2D eigenvalue weighted by atomic mass is 10.0. The van der Waals surface area contributed by atoms with Crippen LogP contribution < -0.4 is 4.74 Å². The van der Waals surface area contributed by atoms with Gasteiger partial charge in [-0.2, -0.15) is 0 Å². The van der Waals surface area contributed by atoms with Crippen molar-refractivity contribution in [2.75, 3.05) is 7.11 Å². The van der Waals surface area contributed by atoms with Crippen molar-refractivity contribution in [1.29, 1.82) is 0 Å². The SMILES string of the molecule is COc1ncccc1C(F)c1ccc(F)cc1. The highest BCUT2D eigenvalue weighted by Crippen LogP contribution is 2.31. The van der Waals surface area contributed by atoms with Crippen molar-refractivity contribution >= 4 is 0 Å². The number of hydrogen-bond donors (Lipinski definition) is 0. The van der Waals surface area contributed by atoms with Gasteiger partial charge in [0.05, 0.1) is 12.7 Å². The number of halogens is 2. The highest BCUT2D eigenvalue weighted by atomic mass is 19.1. The second-order valence-corrected chi connectivity index (χ2v) is 3.52. The maximum Gasteiger partial charge on any atom is 0.219 e. The van der Waals surface area contributed by atoms with Gasteiger partial charge in [-0.05, 0) is 29.8 Å². The largest absolute Gasteiger partial charge is 0.481 e. The molecule has 0 N–H and O–H groups in total. The number of ether oxygens (including phenoxy) is 1. The summed E-state index contributed by atoms with van der Waals surface area (Å²) in [7, 11) is 1.43. The molecule has 0 aliphatic carbocycles. The van der Waals surface area contributed by atoms with E-state index < -0.39 is 6.17 Å². The van der Waals surface area contributed by atoms with E-state index in [9.17, 15) is 8.78 Å². The van der Waals surface area contributed by atoms with E-state index in [4.69, 9.17) is 4.74 Å². The Kier molecular flexibility index (Phi) is 3.32. The van der Waals surface area contributed by atoms with E-state index in [1.54, 1.807) is 12.1 Å². The number of methoxy groups -OCH3 is 1. The van der Waals surface area contributed by atoms with Gasteiger partial charge in [0.1, 0.15) is 5.82 Å².